The van der Waals surface area contributed by atoms with Gasteiger partial charge in [-0.15, -0.1) is 0 Å². The fourth-order valence-electron chi connectivity index (χ4n) is 2.03. The van der Waals surface area contributed by atoms with Gasteiger partial charge in [-0.1, -0.05) is 6.42 Å². The smallest absolute Gasteiger partial charge is 0.0509 e. The van der Waals surface area contributed by atoms with Gasteiger partial charge in [0.1, 0.15) is 0 Å². The Morgan fingerprint density at radius 3 is 2.67 bits per heavy atom. The lowest BCUT2D eigenvalue weighted by Crippen LogP contribution is -2.44. The van der Waals surface area contributed by atoms with Crippen molar-refractivity contribution in [3.8, 4) is 0 Å². The number of ether oxygens (including phenoxy) is 1. The molecule has 1 aliphatic carbocycles. The van der Waals surface area contributed by atoms with Crippen molar-refractivity contribution >= 4 is 0 Å². The molecule has 0 bridgehead atoms. The quantitative estimate of drug-likeness (QED) is 0.692. The molecule has 2 fully saturated rings. The highest BCUT2D eigenvalue weighted by molar-refractivity contribution is 4.83. The molecule has 2 unspecified atom stereocenters. The van der Waals surface area contributed by atoms with Crippen LogP contribution in [0.1, 0.15) is 32.6 Å². The van der Waals surface area contributed by atoms with Gasteiger partial charge in [0.25, 0.3) is 0 Å². The highest BCUT2D eigenvalue weighted by atomic mass is 16.5. The van der Waals surface area contributed by atoms with Crippen molar-refractivity contribution in [2.75, 3.05) is 13.2 Å². The maximum absolute atomic E-state index is 5.37. The molecule has 1 saturated heterocycles. The first kappa shape index (κ1) is 8.52. The largest absolute Gasteiger partial charge is 0.381 e. The molecule has 12 heavy (non-hydrogen) atoms. The Morgan fingerprint density at radius 1 is 1.33 bits per heavy atom. The highest BCUT2D eigenvalue weighted by Crippen LogP contribution is 2.22. The van der Waals surface area contributed by atoms with E-state index in [-0.39, 0.29) is 0 Å². The Morgan fingerprint density at radius 2 is 2.17 bits per heavy atom. The molecule has 2 aliphatic rings. The van der Waals surface area contributed by atoms with Gasteiger partial charge in [-0.2, -0.15) is 0 Å². The van der Waals surface area contributed by atoms with E-state index in [1.54, 1.807) is 0 Å². The summed E-state index contributed by atoms with van der Waals surface area (Å²) in [5.74, 6) is 0.769. The lowest BCUT2D eigenvalue weighted by atomic mass is 9.90. The monoisotopic (exact) mass is 169 g/mol. The van der Waals surface area contributed by atoms with Crippen LogP contribution in [0.5, 0.6) is 0 Å². The maximum atomic E-state index is 5.37. The molecule has 0 spiro atoms. The van der Waals surface area contributed by atoms with E-state index in [1.165, 1.54) is 25.7 Å². The molecule has 70 valence electrons. The Kier molecular flexibility index (Phi) is 2.66. The van der Waals surface area contributed by atoms with Crippen molar-refractivity contribution in [2.45, 2.75) is 44.7 Å². The van der Waals surface area contributed by atoms with Gasteiger partial charge < -0.3 is 10.1 Å². The average molecular weight is 169 g/mol. The summed E-state index contributed by atoms with van der Waals surface area (Å²) in [5, 5.41) is 3.68. The zero-order valence-corrected chi connectivity index (χ0v) is 7.88. The fourth-order valence-corrected chi connectivity index (χ4v) is 2.03. The molecule has 2 nitrogen and oxygen atoms in total. The lowest BCUT2D eigenvalue weighted by molar-refractivity contribution is 0.172. The molecule has 1 saturated carbocycles. The second kappa shape index (κ2) is 3.75. The number of nitrogens with one attached hydrogen (secondary N) is 1. The minimum atomic E-state index is 0.665. The first-order chi connectivity index (χ1) is 5.86. The summed E-state index contributed by atoms with van der Waals surface area (Å²) in [7, 11) is 0. The summed E-state index contributed by atoms with van der Waals surface area (Å²) in [6.07, 6.45) is 5.45. The summed E-state index contributed by atoms with van der Waals surface area (Å²) >= 11 is 0. The SMILES string of the molecule is CC(NC1CCC1)C1CCOC1. The van der Waals surface area contributed by atoms with Crippen LogP contribution in [0.2, 0.25) is 0 Å². The zero-order valence-electron chi connectivity index (χ0n) is 7.88. The Hall–Kier alpha value is -0.0800. The van der Waals surface area contributed by atoms with Crippen molar-refractivity contribution in [1.82, 2.24) is 5.32 Å². The van der Waals surface area contributed by atoms with E-state index in [4.69, 9.17) is 4.74 Å². The third-order valence-electron chi connectivity index (χ3n) is 3.28. The lowest BCUT2D eigenvalue weighted by Gasteiger charge is -2.32. The Labute approximate surface area is 74.7 Å². The summed E-state index contributed by atoms with van der Waals surface area (Å²) in [6.45, 7) is 4.25. The number of rotatable bonds is 3. The van der Waals surface area contributed by atoms with E-state index in [2.05, 4.69) is 12.2 Å². The van der Waals surface area contributed by atoms with Gasteiger partial charge in [-0.3, -0.25) is 0 Å². The van der Waals surface area contributed by atoms with Crippen LogP contribution < -0.4 is 5.32 Å². The summed E-state index contributed by atoms with van der Waals surface area (Å²) in [6, 6.07) is 1.48. The van der Waals surface area contributed by atoms with Crippen LogP contribution in [-0.2, 0) is 4.74 Å². The van der Waals surface area contributed by atoms with E-state index in [0.717, 1.165) is 25.2 Å². The van der Waals surface area contributed by atoms with Gasteiger partial charge in [-0.05, 0) is 32.1 Å². The minimum absolute atomic E-state index is 0.665. The van der Waals surface area contributed by atoms with Crippen molar-refractivity contribution in [2.24, 2.45) is 5.92 Å². The fraction of sp³-hybridized carbons (Fsp3) is 1.00. The van der Waals surface area contributed by atoms with Crippen LogP contribution in [0.4, 0.5) is 0 Å². The topological polar surface area (TPSA) is 21.3 Å². The Bertz CT molecular complexity index is 139. The molecular formula is C10H19NO. The molecular weight excluding hydrogens is 150 g/mol. The van der Waals surface area contributed by atoms with Crippen LogP contribution in [-0.4, -0.2) is 25.3 Å². The standard InChI is InChI=1S/C10H19NO/c1-8(9-5-6-12-7-9)11-10-3-2-4-10/h8-11H,2-7H2,1H3. The van der Waals surface area contributed by atoms with E-state index < -0.39 is 0 Å². The molecule has 1 heterocycles. The third-order valence-corrected chi connectivity index (χ3v) is 3.28. The van der Waals surface area contributed by atoms with Gasteiger partial charge >= 0.3 is 0 Å². The van der Waals surface area contributed by atoms with Crippen molar-refractivity contribution in [3.63, 3.8) is 0 Å². The first-order valence-electron chi connectivity index (χ1n) is 5.20. The maximum Gasteiger partial charge on any atom is 0.0509 e. The van der Waals surface area contributed by atoms with Gasteiger partial charge in [0, 0.05) is 18.7 Å². The molecule has 0 aromatic heterocycles. The number of hydrogen-bond donors (Lipinski definition) is 1. The zero-order chi connectivity index (χ0) is 8.39. The molecule has 0 aromatic carbocycles. The molecule has 0 aromatic rings. The second-order valence-corrected chi connectivity index (χ2v) is 4.21. The second-order valence-electron chi connectivity index (χ2n) is 4.21. The van der Waals surface area contributed by atoms with E-state index in [1.807, 2.05) is 0 Å². The third kappa shape index (κ3) is 1.80. The normalized spacial score (nSPS) is 33.2. The van der Waals surface area contributed by atoms with E-state index in [9.17, 15) is 0 Å². The van der Waals surface area contributed by atoms with Gasteiger partial charge in [-0.25, -0.2) is 0 Å². The molecule has 0 radical (unpaired) electrons. The van der Waals surface area contributed by atoms with E-state index in [0.29, 0.717) is 6.04 Å². The first-order valence-corrected chi connectivity index (χ1v) is 5.20. The van der Waals surface area contributed by atoms with Gasteiger partial charge in [0.05, 0.1) is 6.61 Å². The molecule has 2 atom stereocenters. The predicted octanol–water partition coefficient (Wildman–Crippen LogP) is 1.55. The van der Waals surface area contributed by atoms with Crippen molar-refractivity contribution < 1.29 is 4.74 Å². The van der Waals surface area contributed by atoms with Crippen LogP contribution in [0, 0.1) is 5.92 Å². The summed E-state index contributed by atoms with van der Waals surface area (Å²) < 4.78 is 5.37. The minimum Gasteiger partial charge on any atom is -0.381 e. The molecule has 1 N–H and O–H groups in total. The molecule has 2 rings (SSSR count). The number of hydrogen-bond acceptors (Lipinski definition) is 2. The van der Waals surface area contributed by atoms with Crippen LogP contribution in [0.3, 0.4) is 0 Å². The summed E-state index contributed by atoms with van der Waals surface area (Å²) in [4.78, 5) is 0. The predicted molar refractivity (Wildman–Crippen MR) is 49.2 cm³/mol. The van der Waals surface area contributed by atoms with E-state index >= 15 is 0 Å². The van der Waals surface area contributed by atoms with Crippen LogP contribution in [0.25, 0.3) is 0 Å². The molecule has 1 aliphatic heterocycles. The summed E-state index contributed by atoms with van der Waals surface area (Å²) in [5.41, 5.74) is 0. The van der Waals surface area contributed by atoms with Crippen molar-refractivity contribution in [3.05, 3.63) is 0 Å². The average Bonchev–Trinajstić information content (AvgIpc) is 2.47. The van der Waals surface area contributed by atoms with Crippen LogP contribution >= 0.6 is 0 Å². The molecule has 0 amide bonds. The molecule has 2 heteroatoms. The van der Waals surface area contributed by atoms with Crippen molar-refractivity contribution in [1.29, 1.82) is 0 Å². The van der Waals surface area contributed by atoms with Gasteiger partial charge in [0.15, 0.2) is 0 Å². The van der Waals surface area contributed by atoms with Gasteiger partial charge in [0.2, 0.25) is 0 Å². The highest BCUT2D eigenvalue weighted by Gasteiger charge is 2.26. The Balaban J connectivity index is 1.71. The van der Waals surface area contributed by atoms with Crippen LogP contribution in [0.15, 0.2) is 0 Å².